The number of para-hydroxylation sites is 1. The summed E-state index contributed by atoms with van der Waals surface area (Å²) in [5.41, 5.74) is 3.70. The molecule has 1 N–H and O–H groups in total. The fourth-order valence-electron chi connectivity index (χ4n) is 2.07. The Morgan fingerprint density at radius 1 is 0.833 bits per heavy atom. The van der Waals surface area contributed by atoms with Crippen LogP contribution in [0.15, 0.2) is 88.2 Å². The Bertz CT molecular complexity index is 846. The zero-order valence-electron chi connectivity index (χ0n) is 12.7. The highest BCUT2D eigenvalue weighted by molar-refractivity contribution is 6.18. The first-order valence-corrected chi connectivity index (χ1v) is 7.21. The standard InChI is InChI=1S/C18H16N4O.CH4/c1-14-6-5-13-22(23)18(14)21-20-17-11-9-16(10-12-17)19-15-7-3-2-4-8-15;/h2-13,23H,1H3;1H4. The van der Waals surface area contributed by atoms with Crippen molar-refractivity contribution in [1.82, 2.24) is 4.73 Å². The summed E-state index contributed by atoms with van der Waals surface area (Å²) in [6.07, 6.45) is 8.96. The number of benzene rings is 1. The maximum Gasteiger partial charge on any atom is 0.192 e. The molecule has 24 heavy (non-hydrogen) atoms. The minimum Gasteiger partial charge on any atom is -0.427 e. The van der Waals surface area contributed by atoms with Crippen molar-refractivity contribution in [1.29, 1.82) is 0 Å². The van der Waals surface area contributed by atoms with E-state index in [1.165, 1.54) is 6.20 Å². The van der Waals surface area contributed by atoms with Crippen LogP contribution in [0.25, 0.3) is 0 Å². The lowest BCUT2D eigenvalue weighted by atomic mass is 10.1. The minimum absolute atomic E-state index is 0. The second kappa shape index (κ2) is 7.87. The van der Waals surface area contributed by atoms with Gasteiger partial charge in [-0.3, -0.25) is 0 Å². The Morgan fingerprint density at radius 3 is 2.17 bits per heavy atom. The van der Waals surface area contributed by atoms with Gasteiger partial charge in [0.15, 0.2) is 5.49 Å². The molecule has 0 aliphatic heterocycles. The molecule has 1 aliphatic rings. The number of pyridine rings is 1. The normalized spacial score (nSPS) is 13.6. The minimum atomic E-state index is 0. The molecule has 5 nitrogen and oxygen atoms in total. The van der Waals surface area contributed by atoms with E-state index in [2.05, 4.69) is 15.2 Å². The van der Waals surface area contributed by atoms with Crippen LogP contribution in [-0.2, 0) is 0 Å². The highest BCUT2D eigenvalue weighted by Gasteiger charge is 2.00. The molecule has 1 aromatic heterocycles. The van der Waals surface area contributed by atoms with Gasteiger partial charge in [0.1, 0.15) is 0 Å². The summed E-state index contributed by atoms with van der Waals surface area (Å²) in [4.78, 5) is 4.51. The van der Waals surface area contributed by atoms with Gasteiger partial charge in [-0.15, -0.1) is 10.2 Å². The van der Waals surface area contributed by atoms with E-state index in [0.29, 0.717) is 11.2 Å². The highest BCUT2D eigenvalue weighted by Crippen LogP contribution is 2.12. The monoisotopic (exact) mass is 320 g/mol. The zero-order chi connectivity index (χ0) is 16.1. The molecule has 0 atom stereocenters. The SMILES string of the molecule is C.Cc1cccn(O)c1=NN=C1C=CC(=Nc2ccccc2)C=C1. The van der Waals surface area contributed by atoms with Gasteiger partial charge in [-0.2, -0.15) is 4.73 Å². The molecule has 0 amide bonds. The zero-order valence-corrected chi connectivity index (χ0v) is 12.7. The fourth-order valence-corrected chi connectivity index (χ4v) is 2.07. The molecule has 0 saturated heterocycles. The molecule has 0 unspecified atom stereocenters. The number of aryl methyl sites for hydroxylation is 1. The average molecular weight is 320 g/mol. The summed E-state index contributed by atoms with van der Waals surface area (Å²) in [5.74, 6) is 0. The molecule has 1 heterocycles. The van der Waals surface area contributed by atoms with E-state index >= 15 is 0 Å². The van der Waals surface area contributed by atoms with E-state index < -0.39 is 0 Å². The number of hydrogen-bond acceptors (Lipinski definition) is 4. The summed E-state index contributed by atoms with van der Waals surface area (Å²) >= 11 is 0. The van der Waals surface area contributed by atoms with Crippen molar-refractivity contribution in [3.05, 3.63) is 84.0 Å². The predicted molar refractivity (Wildman–Crippen MR) is 97.9 cm³/mol. The van der Waals surface area contributed by atoms with Gasteiger partial charge in [-0.1, -0.05) is 31.7 Å². The molecule has 5 heteroatoms. The van der Waals surface area contributed by atoms with Gasteiger partial charge < -0.3 is 5.21 Å². The van der Waals surface area contributed by atoms with Gasteiger partial charge in [-0.25, -0.2) is 4.99 Å². The first kappa shape index (κ1) is 17.1. The Kier molecular flexibility index (Phi) is 5.63. The van der Waals surface area contributed by atoms with Crippen LogP contribution in [-0.4, -0.2) is 21.4 Å². The first-order chi connectivity index (χ1) is 11.2. The van der Waals surface area contributed by atoms with Crippen LogP contribution >= 0.6 is 0 Å². The van der Waals surface area contributed by atoms with Gasteiger partial charge in [0.25, 0.3) is 0 Å². The molecule has 2 aromatic rings. The summed E-state index contributed by atoms with van der Waals surface area (Å²) in [5, 5.41) is 18.0. The van der Waals surface area contributed by atoms with Crippen molar-refractivity contribution in [2.24, 2.45) is 15.2 Å². The van der Waals surface area contributed by atoms with Crippen LogP contribution in [0.5, 0.6) is 0 Å². The second-order valence-corrected chi connectivity index (χ2v) is 5.02. The lowest BCUT2D eigenvalue weighted by Crippen LogP contribution is -2.20. The molecular weight excluding hydrogens is 300 g/mol. The fraction of sp³-hybridized carbons (Fsp3) is 0.105. The average Bonchev–Trinajstić information content (AvgIpc) is 2.57. The molecule has 0 fully saturated rings. The maximum absolute atomic E-state index is 9.73. The van der Waals surface area contributed by atoms with Crippen LogP contribution in [0.1, 0.15) is 13.0 Å². The van der Waals surface area contributed by atoms with Gasteiger partial charge in [0, 0.05) is 6.20 Å². The van der Waals surface area contributed by atoms with Gasteiger partial charge in [-0.05, 0) is 55.0 Å². The molecule has 1 aliphatic carbocycles. The third-order valence-electron chi connectivity index (χ3n) is 3.27. The smallest absolute Gasteiger partial charge is 0.192 e. The van der Waals surface area contributed by atoms with Crippen LogP contribution in [0.3, 0.4) is 0 Å². The van der Waals surface area contributed by atoms with Crippen molar-refractivity contribution < 1.29 is 5.21 Å². The van der Waals surface area contributed by atoms with Crippen LogP contribution in [0, 0.1) is 6.92 Å². The van der Waals surface area contributed by atoms with Crippen molar-refractivity contribution in [3.8, 4) is 0 Å². The van der Waals surface area contributed by atoms with Crippen LogP contribution in [0.4, 0.5) is 5.69 Å². The van der Waals surface area contributed by atoms with Gasteiger partial charge in [0.2, 0.25) is 0 Å². The van der Waals surface area contributed by atoms with E-state index in [9.17, 15) is 5.21 Å². The number of allylic oxidation sites excluding steroid dienone is 4. The Balaban J connectivity index is 0.00000208. The Hall–Kier alpha value is -3.21. The maximum atomic E-state index is 9.73. The van der Waals surface area contributed by atoms with E-state index in [0.717, 1.165) is 21.7 Å². The summed E-state index contributed by atoms with van der Waals surface area (Å²) in [6, 6.07) is 13.4. The lowest BCUT2D eigenvalue weighted by molar-refractivity contribution is 0.171. The molecule has 0 bridgehead atoms. The first-order valence-electron chi connectivity index (χ1n) is 7.21. The van der Waals surface area contributed by atoms with Gasteiger partial charge in [0.05, 0.1) is 17.1 Å². The van der Waals surface area contributed by atoms with Crippen molar-refractivity contribution in [2.75, 3.05) is 0 Å². The molecular formula is C19H20N4O. The number of nitrogens with zero attached hydrogens (tertiary/aromatic N) is 4. The van der Waals surface area contributed by atoms with Gasteiger partial charge >= 0.3 is 0 Å². The van der Waals surface area contributed by atoms with E-state index in [1.807, 2.05) is 67.6 Å². The lowest BCUT2D eigenvalue weighted by Gasteiger charge is -2.02. The largest absolute Gasteiger partial charge is 0.427 e. The highest BCUT2D eigenvalue weighted by atomic mass is 16.5. The van der Waals surface area contributed by atoms with Crippen molar-refractivity contribution in [2.45, 2.75) is 14.4 Å². The number of hydrogen-bond donors (Lipinski definition) is 1. The third-order valence-corrected chi connectivity index (χ3v) is 3.27. The van der Waals surface area contributed by atoms with Crippen molar-refractivity contribution in [3.63, 3.8) is 0 Å². The summed E-state index contributed by atoms with van der Waals surface area (Å²) in [6.45, 7) is 1.86. The molecule has 0 radical (unpaired) electrons. The molecule has 3 rings (SSSR count). The molecule has 122 valence electrons. The van der Waals surface area contributed by atoms with E-state index in [1.54, 1.807) is 6.07 Å². The molecule has 1 aromatic carbocycles. The number of aliphatic imine (C=N–C) groups is 1. The predicted octanol–water partition coefficient (Wildman–Crippen LogP) is 3.83. The summed E-state index contributed by atoms with van der Waals surface area (Å²) in [7, 11) is 0. The number of rotatable bonds is 2. The second-order valence-electron chi connectivity index (χ2n) is 5.02. The van der Waals surface area contributed by atoms with Crippen LogP contribution in [0.2, 0.25) is 0 Å². The quantitative estimate of drug-likeness (QED) is 0.510. The third kappa shape index (κ3) is 4.16. The van der Waals surface area contributed by atoms with E-state index in [-0.39, 0.29) is 7.43 Å². The van der Waals surface area contributed by atoms with Crippen molar-refractivity contribution >= 4 is 17.1 Å². The Morgan fingerprint density at radius 2 is 1.50 bits per heavy atom. The number of aromatic nitrogens is 1. The molecule has 0 saturated carbocycles. The van der Waals surface area contributed by atoms with E-state index in [4.69, 9.17) is 0 Å². The summed E-state index contributed by atoms with van der Waals surface area (Å²) < 4.78 is 0.956. The topological polar surface area (TPSA) is 62.2 Å². The molecule has 0 spiro atoms. The Labute approximate surface area is 141 Å². The van der Waals surface area contributed by atoms with Crippen LogP contribution < -0.4 is 5.49 Å².